The zero-order chi connectivity index (χ0) is 32.5. The lowest BCUT2D eigenvalue weighted by Gasteiger charge is -2.37. The first kappa shape index (κ1) is 35.9. The molecule has 2 aliphatic rings. The van der Waals surface area contributed by atoms with Crippen molar-refractivity contribution in [2.45, 2.75) is 49.2 Å². The number of pyridine rings is 1. The largest absolute Gasteiger partial charge is 0.490 e. The Morgan fingerprint density at radius 3 is 2.00 bits per heavy atom. The molecular formula is C26H31F6N3O7S. The van der Waals surface area contributed by atoms with Crippen LogP contribution >= 0.6 is 0 Å². The minimum atomic E-state index is -5.08. The van der Waals surface area contributed by atoms with Gasteiger partial charge in [0, 0.05) is 38.6 Å². The van der Waals surface area contributed by atoms with Gasteiger partial charge in [-0.2, -0.15) is 30.6 Å². The normalized spacial score (nSPS) is 18.7. The van der Waals surface area contributed by atoms with Crippen molar-refractivity contribution in [1.29, 1.82) is 0 Å². The van der Waals surface area contributed by atoms with Crippen LogP contribution in [0.3, 0.4) is 0 Å². The summed E-state index contributed by atoms with van der Waals surface area (Å²) in [6.45, 7) is 3.60. The Morgan fingerprint density at radius 2 is 1.53 bits per heavy atom. The maximum Gasteiger partial charge on any atom is 0.490 e. The van der Waals surface area contributed by atoms with E-state index < -0.39 is 34.3 Å². The van der Waals surface area contributed by atoms with Crippen LogP contribution in [0.5, 0.6) is 0 Å². The number of alkyl halides is 6. The Balaban J connectivity index is 0.000000384. The second-order valence-electron chi connectivity index (χ2n) is 10.0. The van der Waals surface area contributed by atoms with Gasteiger partial charge in [0.25, 0.3) is 0 Å². The van der Waals surface area contributed by atoms with Crippen LogP contribution in [0.1, 0.15) is 24.8 Å². The number of carboxylic acid groups (broad SMARTS) is 2. The standard InChI is InChI=1S/C22H29N3O3S.2C2HF3O2/c1-24(16-19-6-5-11-23-15-19)17-20-14-22(18-28-20)9-12-25(13-10-22)29(26,27)21-7-3-2-4-8-21;2*3-2(4,5)1(6)7/h2-8,11,15,20H,9-10,12-14,16-18H2,1H3;2*(H,6,7). The number of hydrogen-bond donors (Lipinski definition) is 2. The summed E-state index contributed by atoms with van der Waals surface area (Å²) in [6, 6.07) is 12.8. The van der Waals surface area contributed by atoms with Crippen molar-refractivity contribution in [2.75, 3.05) is 33.3 Å². The third-order valence-corrected chi connectivity index (χ3v) is 8.54. The Morgan fingerprint density at radius 1 is 1.00 bits per heavy atom. The second kappa shape index (κ2) is 14.9. The zero-order valence-corrected chi connectivity index (χ0v) is 23.7. The molecule has 2 fully saturated rings. The fraction of sp³-hybridized carbons (Fsp3) is 0.500. The summed E-state index contributed by atoms with van der Waals surface area (Å²) in [7, 11) is -1.29. The minimum absolute atomic E-state index is 0.114. The minimum Gasteiger partial charge on any atom is -0.475 e. The van der Waals surface area contributed by atoms with Gasteiger partial charge in [-0.1, -0.05) is 24.3 Å². The average molecular weight is 644 g/mol. The molecule has 0 amide bonds. The van der Waals surface area contributed by atoms with Crippen LogP contribution in [-0.2, 0) is 30.9 Å². The molecule has 2 aromatic rings. The SMILES string of the molecule is CN(Cc1cccnc1)CC1CC2(CCN(S(=O)(=O)c3ccccc3)CC2)CO1.O=C(O)C(F)(F)F.O=C(O)C(F)(F)F. The quantitative estimate of drug-likeness (QED) is 0.447. The Hall–Kier alpha value is -3.28. The number of aliphatic carboxylic acids is 2. The summed E-state index contributed by atoms with van der Waals surface area (Å²) in [5.74, 6) is -5.51. The van der Waals surface area contributed by atoms with Gasteiger partial charge in [0.15, 0.2) is 0 Å². The molecule has 0 aliphatic carbocycles. The number of hydrogen-bond acceptors (Lipinski definition) is 7. The number of carbonyl (C=O) groups is 2. The van der Waals surface area contributed by atoms with Crippen molar-refractivity contribution in [1.82, 2.24) is 14.2 Å². The van der Waals surface area contributed by atoms with E-state index in [-0.39, 0.29) is 11.5 Å². The van der Waals surface area contributed by atoms with Crippen molar-refractivity contribution in [2.24, 2.45) is 5.41 Å². The number of carboxylic acids is 2. The predicted octanol–water partition coefficient (Wildman–Crippen LogP) is 4.04. The molecule has 4 rings (SSSR count). The highest BCUT2D eigenvalue weighted by Crippen LogP contribution is 2.43. The summed E-state index contributed by atoms with van der Waals surface area (Å²) >= 11 is 0. The summed E-state index contributed by atoms with van der Waals surface area (Å²) < 4.78 is 97.0. The number of sulfonamides is 1. The molecule has 0 bridgehead atoms. The van der Waals surface area contributed by atoms with Crippen molar-refractivity contribution in [3.63, 3.8) is 0 Å². The predicted molar refractivity (Wildman–Crippen MR) is 139 cm³/mol. The Bertz CT molecular complexity index is 1260. The Labute approximate surface area is 243 Å². The molecule has 0 saturated carbocycles. The molecule has 0 radical (unpaired) electrons. The van der Waals surface area contributed by atoms with E-state index >= 15 is 0 Å². The third kappa shape index (κ3) is 11.4. The maximum atomic E-state index is 12.9. The summed E-state index contributed by atoms with van der Waals surface area (Å²) in [5, 5.41) is 14.2. The lowest BCUT2D eigenvalue weighted by Crippen LogP contribution is -2.43. The van der Waals surface area contributed by atoms with Gasteiger partial charge in [0.2, 0.25) is 10.0 Å². The molecule has 17 heteroatoms. The van der Waals surface area contributed by atoms with Crippen molar-refractivity contribution in [3.8, 4) is 0 Å². The van der Waals surface area contributed by atoms with Gasteiger partial charge in [-0.25, -0.2) is 18.0 Å². The van der Waals surface area contributed by atoms with Gasteiger partial charge in [-0.3, -0.25) is 9.88 Å². The number of rotatable bonds is 6. The van der Waals surface area contributed by atoms with Gasteiger partial charge in [0.1, 0.15) is 0 Å². The van der Waals surface area contributed by atoms with Gasteiger partial charge in [-0.15, -0.1) is 0 Å². The number of nitrogens with zero attached hydrogens (tertiary/aromatic N) is 3. The van der Waals surface area contributed by atoms with Gasteiger partial charge in [-0.05, 0) is 55.5 Å². The first-order valence-corrected chi connectivity index (χ1v) is 14.1. The van der Waals surface area contributed by atoms with E-state index in [9.17, 15) is 34.8 Å². The summed E-state index contributed by atoms with van der Waals surface area (Å²) in [4.78, 5) is 24.6. The number of aromatic nitrogens is 1. The molecule has 1 spiro atoms. The fourth-order valence-corrected chi connectivity index (χ4v) is 5.98. The lowest BCUT2D eigenvalue weighted by atomic mass is 9.77. The van der Waals surface area contributed by atoms with Crippen molar-refractivity contribution < 1.29 is 59.3 Å². The Kier molecular flexibility index (Phi) is 12.5. The molecule has 3 heterocycles. The van der Waals surface area contributed by atoms with E-state index in [0.29, 0.717) is 18.0 Å². The van der Waals surface area contributed by atoms with Gasteiger partial charge >= 0.3 is 24.3 Å². The molecule has 240 valence electrons. The number of benzene rings is 1. The number of piperidine rings is 1. The zero-order valence-electron chi connectivity index (χ0n) is 22.9. The highest BCUT2D eigenvalue weighted by atomic mass is 32.2. The van der Waals surface area contributed by atoms with Crippen LogP contribution in [0.25, 0.3) is 0 Å². The molecule has 2 N–H and O–H groups in total. The van der Waals surface area contributed by atoms with Crippen LogP contribution in [0.2, 0.25) is 0 Å². The topological polar surface area (TPSA) is 137 Å². The summed E-state index contributed by atoms with van der Waals surface area (Å²) in [5.41, 5.74) is 1.31. The maximum absolute atomic E-state index is 12.9. The average Bonchev–Trinajstić information content (AvgIpc) is 3.30. The first-order valence-electron chi connectivity index (χ1n) is 12.7. The number of ether oxygens (including phenoxy) is 1. The molecule has 1 unspecified atom stereocenters. The lowest BCUT2D eigenvalue weighted by molar-refractivity contribution is -0.193. The molecule has 1 aromatic heterocycles. The van der Waals surface area contributed by atoms with Gasteiger partial charge in [0.05, 0.1) is 17.6 Å². The molecule has 10 nitrogen and oxygen atoms in total. The van der Waals surface area contributed by atoms with Crippen LogP contribution in [-0.4, -0.2) is 96.5 Å². The highest BCUT2D eigenvalue weighted by Gasteiger charge is 2.44. The van der Waals surface area contributed by atoms with Crippen LogP contribution < -0.4 is 0 Å². The van der Waals surface area contributed by atoms with E-state index in [1.165, 1.54) is 5.56 Å². The van der Waals surface area contributed by atoms with Gasteiger partial charge < -0.3 is 14.9 Å². The molecular weight excluding hydrogens is 612 g/mol. The second-order valence-corrected chi connectivity index (χ2v) is 12.0. The monoisotopic (exact) mass is 643 g/mol. The summed E-state index contributed by atoms with van der Waals surface area (Å²) in [6.07, 6.45) is -3.55. The smallest absolute Gasteiger partial charge is 0.475 e. The molecule has 43 heavy (non-hydrogen) atoms. The number of halogens is 6. The highest BCUT2D eigenvalue weighted by molar-refractivity contribution is 7.89. The van der Waals surface area contributed by atoms with E-state index in [2.05, 4.69) is 23.0 Å². The molecule has 2 aliphatic heterocycles. The van der Waals surface area contributed by atoms with Crippen molar-refractivity contribution in [3.05, 3.63) is 60.4 Å². The fourth-order valence-electron chi connectivity index (χ4n) is 4.52. The molecule has 1 aromatic carbocycles. The van der Waals surface area contributed by atoms with Crippen LogP contribution in [0.15, 0.2) is 59.8 Å². The number of likely N-dealkylation sites (N-methyl/N-ethyl adjacent to an activating group) is 1. The third-order valence-electron chi connectivity index (χ3n) is 6.63. The van der Waals surface area contributed by atoms with Crippen LogP contribution in [0, 0.1) is 5.41 Å². The van der Waals surface area contributed by atoms with E-state index in [4.69, 9.17) is 24.5 Å². The van der Waals surface area contributed by atoms with E-state index in [1.807, 2.05) is 18.3 Å². The molecule has 2 saturated heterocycles. The van der Waals surface area contributed by atoms with Crippen molar-refractivity contribution >= 4 is 22.0 Å². The first-order chi connectivity index (χ1) is 19.9. The van der Waals surface area contributed by atoms with E-state index in [0.717, 1.165) is 39.0 Å². The molecule has 1 atom stereocenters. The van der Waals surface area contributed by atoms with E-state index in [1.54, 1.807) is 34.8 Å². The van der Waals surface area contributed by atoms with Crippen LogP contribution in [0.4, 0.5) is 26.3 Å².